The molecular formula is C15H12N2O3. The van der Waals surface area contributed by atoms with E-state index in [0.29, 0.717) is 16.8 Å². The van der Waals surface area contributed by atoms with E-state index in [0.717, 1.165) is 10.8 Å². The molecule has 0 saturated carbocycles. The van der Waals surface area contributed by atoms with Gasteiger partial charge in [-0.1, -0.05) is 24.3 Å². The van der Waals surface area contributed by atoms with Crippen molar-refractivity contribution in [3.63, 3.8) is 0 Å². The fraction of sp³-hybridized carbons (Fsp3) is 0.133. The van der Waals surface area contributed by atoms with E-state index in [1.165, 1.54) is 24.6 Å². The van der Waals surface area contributed by atoms with Crippen LogP contribution in [-0.2, 0) is 4.74 Å². The molecule has 3 rings (SSSR count). The third-order valence-electron chi connectivity index (χ3n) is 3.27. The Morgan fingerprint density at radius 3 is 2.70 bits per heavy atom. The fourth-order valence-corrected chi connectivity index (χ4v) is 2.34. The molecule has 20 heavy (non-hydrogen) atoms. The summed E-state index contributed by atoms with van der Waals surface area (Å²) in [6.45, 7) is 1.44. The topological polar surface area (TPSA) is 60.7 Å². The summed E-state index contributed by atoms with van der Waals surface area (Å²) in [6.07, 6.45) is 1.68. The average Bonchev–Trinajstić information content (AvgIpc) is 2.86. The standard InChI is InChI=1S/C15H12N2O3/c1-9(18)13-7-12(15(19)20-2)14-11-6-4-3-5-10(11)8-16-17(13)14/h3-8H,1-2H3. The number of ketones is 1. The average molecular weight is 268 g/mol. The molecule has 0 saturated heterocycles. The van der Waals surface area contributed by atoms with Gasteiger partial charge >= 0.3 is 5.97 Å². The van der Waals surface area contributed by atoms with Gasteiger partial charge in [-0.15, -0.1) is 0 Å². The van der Waals surface area contributed by atoms with Crippen molar-refractivity contribution in [2.45, 2.75) is 6.92 Å². The first-order valence-electron chi connectivity index (χ1n) is 6.12. The molecule has 0 unspecified atom stereocenters. The quantitative estimate of drug-likeness (QED) is 0.529. The Morgan fingerprint density at radius 1 is 1.25 bits per heavy atom. The van der Waals surface area contributed by atoms with Crippen molar-refractivity contribution in [3.8, 4) is 0 Å². The SMILES string of the molecule is COC(=O)c1cc(C(C)=O)n2ncc3ccccc3c12. The van der Waals surface area contributed by atoms with Crippen molar-refractivity contribution in [3.05, 3.63) is 47.8 Å². The van der Waals surface area contributed by atoms with Gasteiger partial charge in [-0.05, 0) is 6.07 Å². The van der Waals surface area contributed by atoms with Crippen LogP contribution < -0.4 is 0 Å². The van der Waals surface area contributed by atoms with Gasteiger partial charge in [0.2, 0.25) is 0 Å². The van der Waals surface area contributed by atoms with E-state index >= 15 is 0 Å². The number of aromatic nitrogens is 2. The molecule has 1 aromatic carbocycles. The van der Waals surface area contributed by atoms with Crippen LogP contribution in [0.4, 0.5) is 0 Å². The Labute approximate surface area is 114 Å². The van der Waals surface area contributed by atoms with Crippen LogP contribution in [0.5, 0.6) is 0 Å². The number of carbonyl (C=O) groups is 2. The minimum atomic E-state index is -0.479. The van der Waals surface area contributed by atoms with Crippen LogP contribution in [0, 0.1) is 0 Å². The minimum absolute atomic E-state index is 0.155. The molecular weight excluding hydrogens is 256 g/mol. The van der Waals surface area contributed by atoms with E-state index < -0.39 is 5.97 Å². The molecule has 0 aliphatic carbocycles. The molecule has 0 aliphatic rings. The number of nitrogens with zero attached hydrogens (tertiary/aromatic N) is 2. The van der Waals surface area contributed by atoms with Crippen molar-refractivity contribution < 1.29 is 14.3 Å². The lowest BCUT2D eigenvalue weighted by Gasteiger charge is -2.04. The van der Waals surface area contributed by atoms with Crippen LogP contribution in [0.3, 0.4) is 0 Å². The number of benzene rings is 1. The van der Waals surface area contributed by atoms with Crippen molar-refractivity contribution >= 4 is 28.0 Å². The molecule has 5 heteroatoms. The van der Waals surface area contributed by atoms with Gasteiger partial charge in [0.15, 0.2) is 5.78 Å². The molecule has 0 radical (unpaired) electrons. The summed E-state index contributed by atoms with van der Waals surface area (Å²) in [4.78, 5) is 23.6. The fourth-order valence-electron chi connectivity index (χ4n) is 2.34. The molecule has 3 aromatic rings. The predicted octanol–water partition coefficient (Wildman–Crippen LogP) is 2.48. The van der Waals surface area contributed by atoms with Crippen LogP contribution in [-0.4, -0.2) is 28.5 Å². The highest BCUT2D eigenvalue weighted by atomic mass is 16.5. The predicted molar refractivity (Wildman–Crippen MR) is 74.0 cm³/mol. The Morgan fingerprint density at radius 2 is 2.00 bits per heavy atom. The zero-order valence-corrected chi connectivity index (χ0v) is 11.1. The Kier molecular flexibility index (Phi) is 2.75. The van der Waals surface area contributed by atoms with Crippen LogP contribution in [0.25, 0.3) is 16.3 Å². The Balaban J connectivity index is 2.51. The van der Waals surface area contributed by atoms with Gasteiger partial charge in [0, 0.05) is 17.7 Å². The Bertz CT molecular complexity index is 849. The number of hydrogen-bond donors (Lipinski definition) is 0. The molecule has 0 amide bonds. The molecule has 0 N–H and O–H groups in total. The van der Waals surface area contributed by atoms with E-state index in [2.05, 4.69) is 5.10 Å². The number of ether oxygens (including phenoxy) is 1. The maximum atomic E-state index is 11.9. The lowest BCUT2D eigenvalue weighted by Crippen LogP contribution is -2.03. The maximum Gasteiger partial charge on any atom is 0.340 e. The van der Waals surface area contributed by atoms with Crippen LogP contribution in [0.15, 0.2) is 36.5 Å². The van der Waals surface area contributed by atoms with E-state index in [1.54, 1.807) is 6.20 Å². The summed E-state index contributed by atoms with van der Waals surface area (Å²) < 4.78 is 6.29. The van der Waals surface area contributed by atoms with E-state index in [-0.39, 0.29) is 5.78 Å². The summed E-state index contributed by atoms with van der Waals surface area (Å²) >= 11 is 0. The first kappa shape index (κ1) is 12.3. The third kappa shape index (κ3) is 1.67. The van der Waals surface area contributed by atoms with E-state index in [4.69, 9.17) is 4.74 Å². The summed E-state index contributed by atoms with van der Waals surface area (Å²) in [6, 6.07) is 9.10. The van der Waals surface area contributed by atoms with Gasteiger partial charge in [0.1, 0.15) is 5.69 Å². The molecule has 0 atom stereocenters. The second-order valence-corrected chi connectivity index (χ2v) is 4.48. The lowest BCUT2D eigenvalue weighted by molar-refractivity contribution is 0.0603. The lowest BCUT2D eigenvalue weighted by atomic mass is 10.1. The highest BCUT2D eigenvalue weighted by Crippen LogP contribution is 2.25. The summed E-state index contributed by atoms with van der Waals surface area (Å²) in [7, 11) is 1.32. The number of methoxy groups -OCH3 is 1. The van der Waals surface area contributed by atoms with Gasteiger partial charge in [-0.25, -0.2) is 9.31 Å². The van der Waals surface area contributed by atoms with Crippen LogP contribution in [0.1, 0.15) is 27.8 Å². The highest BCUT2D eigenvalue weighted by Gasteiger charge is 2.20. The number of Topliss-reactive ketones (excluding diaryl/α,β-unsaturated/α-hetero) is 1. The van der Waals surface area contributed by atoms with Gasteiger partial charge < -0.3 is 4.74 Å². The minimum Gasteiger partial charge on any atom is -0.465 e. The van der Waals surface area contributed by atoms with Crippen LogP contribution >= 0.6 is 0 Å². The maximum absolute atomic E-state index is 11.9. The smallest absolute Gasteiger partial charge is 0.340 e. The first-order chi connectivity index (χ1) is 9.63. The van der Waals surface area contributed by atoms with Crippen molar-refractivity contribution in [1.82, 2.24) is 9.61 Å². The third-order valence-corrected chi connectivity index (χ3v) is 3.27. The molecule has 0 aliphatic heterocycles. The number of hydrogen-bond acceptors (Lipinski definition) is 4. The van der Waals surface area contributed by atoms with Crippen molar-refractivity contribution in [2.24, 2.45) is 0 Å². The van der Waals surface area contributed by atoms with Gasteiger partial charge in [0.05, 0.1) is 24.4 Å². The van der Waals surface area contributed by atoms with Gasteiger partial charge in [0.25, 0.3) is 0 Å². The molecule has 2 aromatic heterocycles. The number of fused-ring (bicyclic) bond motifs is 3. The van der Waals surface area contributed by atoms with Crippen molar-refractivity contribution in [2.75, 3.05) is 7.11 Å². The van der Waals surface area contributed by atoms with E-state index in [9.17, 15) is 9.59 Å². The summed E-state index contributed by atoms with van der Waals surface area (Å²) in [5, 5.41) is 6.01. The second-order valence-electron chi connectivity index (χ2n) is 4.48. The second kappa shape index (κ2) is 4.45. The number of esters is 1. The molecule has 5 nitrogen and oxygen atoms in total. The molecule has 100 valence electrons. The number of carbonyl (C=O) groups excluding carboxylic acids is 2. The summed E-state index contributed by atoms with van der Waals surface area (Å²) in [5.41, 5.74) is 1.31. The first-order valence-corrected chi connectivity index (χ1v) is 6.12. The van der Waals surface area contributed by atoms with Crippen LogP contribution in [0.2, 0.25) is 0 Å². The zero-order valence-electron chi connectivity index (χ0n) is 11.1. The summed E-state index contributed by atoms with van der Waals surface area (Å²) in [5.74, 6) is -0.633. The molecule has 2 heterocycles. The molecule has 0 bridgehead atoms. The largest absolute Gasteiger partial charge is 0.465 e. The molecule has 0 spiro atoms. The monoisotopic (exact) mass is 268 g/mol. The zero-order chi connectivity index (χ0) is 14.3. The normalized spacial score (nSPS) is 10.9. The molecule has 0 fully saturated rings. The van der Waals surface area contributed by atoms with E-state index in [1.807, 2.05) is 24.3 Å². The van der Waals surface area contributed by atoms with Crippen molar-refractivity contribution in [1.29, 1.82) is 0 Å². The number of rotatable bonds is 2. The van der Waals surface area contributed by atoms with Gasteiger partial charge in [-0.2, -0.15) is 5.10 Å². The Hall–Kier alpha value is -2.69. The van der Waals surface area contributed by atoms with Gasteiger partial charge in [-0.3, -0.25) is 4.79 Å². The highest BCUT2D eigenvalue weighted by molar-refractivity contribution is 6.10.